The van der Waals surface area contributed by atoms with E-state index in [2.05, 4.69) is 5.32 Å². The molecule has 0 fully saturated rings. The van der Waals surface area contributed by atoms with Gasteiger partial charge in [-0.1, -0.05) is 26.0 Å². The number of ketones is 1. The summed E-state index contributed by atoms with van der Waals surface area (Å²) in [7, 11) is 0. The number of carbonyl (C=O) groups excluding carboxylic acids is 2. The molecular weight excluding hydrogens is 321 g/mol. The molecule has 0 heterocycles. The van der Waals surface area contributed by atoms with Crippen molar-refractivity contribution in [2.24, 2.45) is 0 Å². The maximum atomic E-state index is 13.0. The number of rotatable bonds is 3. The molecule has 5 heteroatoms. The Morgan fingerprint density at radius 1 is 1.08 bits per heavy atom. The second-order valence-electron chi connectivity index (χ2n) is 6.98. The molecule has 2 atom stereocenters. The number of nitrogens with one attached hydrogen (secondary N) is 1. The minimum absolute atomic E-state index is 0.0781. The highest BCUT2D eigenvalue weighted by molar-refractivity contribution is 5.95. The SMILES string of the molecule is CC(=O)c1ccc2c(c1)C(NC(=O)c1ccc(F)cc1)C(O)C2(C)C. The third-order valence-corrected chi connectivity index (χ3v) is 4.94. The maximum Gasteiger partial charge on any atom is 0.251 e. The van der Waals surface area contributed by atoms with Crippen molar-refractivity contribution in [2.45, 2.75) is 38.3 Å². The lowest BCUT2D eigenvalue weighted by atomic mass is 9.84. The lowest BCUT2D eigenvalue weighted by molar-refractivity contribution is 0.0674. The molecule has 4 nitrogen and oxygen atoms in total. The summed E-state index contributed by atoms with van der Waals surface area (Å²) in [4.78, 5) is 24.2. The zero-order chi connectivity index (χ0) is 18.4. The number of Topliss-reactive ketones (excluding diaryl/α,β-unsaturated/α-hetero) is 1. The van der Waals surface area contributed by atoms with Crippen molar-refractivity contribution in [3.63, 3.8) is 0 Å². The average Bonchev–Trinajstić information content (AvgIpc) is 2.76. The Morgan fingerprint density at radius 3 is 2.28 bits per heavy atom. The third kappa shape index (κ3) is 2.96. The predicted molar refractivity (Wildman–Crippen MR) is 92.1 cm³/mol. The van der Waals surface area contributed by atoms with Gasteiger partial charge in [0.25, 0.3) is 5.91 Å². The van der Waals surface area contributed by atoms with Crippen molar-refractivity contribution >= 4 is 11.7 Å². The first-order valence-corrected chi connectivity index (χ1v) is 8.11. The highest BCUT2D eigenvalue weighted by Gasteiger charge is 2.46. The van der Waals surface area contributed by atoms with Gasteiger partial charge in [-0.25, -0.2) is 4.39 Å². The monoisotopic (exact) mass is 341 g/mol. The van der Waals surface area contributed by atoms with Gasteiger partial charge in [-0.05, 0) is 48.4 Å². The van der Waals surface area contributed by atoms with E-state index >= 15 is 0 Å². The van der Waals surface area contributed by atoms with Gasteiger partial charge < -0.3 is 10.4 Å². The molecule has 1 aliphatic carbocycles. The summed E-state index contributed by atoms with van der Waals surface area (Å²) in [6.45, 7) is 5.27. The summed E-state index contributed by atoms with van der Waals surface area (Å²) in [5.41, 5.74) is 1.91. The maximum absolute atomic E-state index is 13.0. The molecule has 2 aromatic rings. The molecule has 2 N–H and O–H groups in total. The van der Waals surface area contributed by atoms with E-state index in [9.17, 15) is 19.1 Å². The first kappa shape index (κ1) is 17.3. The van der Waals surface area contributed by atoms with Crippen LogP contribution in [0.1, 0.15) is 58.7 Å². The zero-order valence-electron chi connectivity index (χ0n) is 14.3. The summed E-state index contributed by atoms with van der Waals surface area (Å²) < 4.78 is 13.0. The highest BCUT2D eigenvalue weighted by Crippen LogP contribution is 2.45. The molecule has 0 spiro atoms. The zero-order valence-corrected chi connectivity index (χ0v) is 14.3. The van der Waals surface area contributed by atoms with E-state index < -0.39 is 29.3 Å². The Kier molecular flexibility index (Phi) is 4.21. The molecule has 2 unspecified atom stereocenters. The Morgan fingerprint density at radius 2 is 1.68 bits per heavy atom. The standard InChI is InChI=1S/C20H20FNO3/c1-11(23)13-6-9-16-15(10-13)17(18(24)20(16,2)3)22-19(25)12-4-7-14(21)8-5-12/h4-10,17-18,24H,1-3H3,(H,22,25). The first-order chi connectivity index (χ1) is 11.7. The summed E-state index contributed by atoms with van der Waals surface area (Å²) in [6, 6.07) is 9.87. The fourth-order valence-corrected chi connectivity index (χ4v) is 3.35. The molecule has 3 rings (SSSR count). The van der Waals surface area contributed by atoms with E-state index in [1.807, 2.05) is 19.9 Å². The lowest BCUT2D eigenvalue weighted by Crippen LogP contribution is -2.39. The summed E-state index contributed by atoms with van der Waals surface area (Å²) >= 11 is 0. The van der Waals surface area contributed by atoms with Crippen LogP contribution in [0.2, 0.25) is 0 Å². The highest BCUT2D eigenvalue weighted by atomic mass is 19.1. The van der Waals surface area contributed by atoms with Crippen LogP contribution in [0.15, 0.2) is 42.5 Å². The number of aliphatic hydroxyl groups excluding tert-OH is 1. The van der Waals surface area contributed by atoms with Crippen LogP contribution in [0.25, 0.3) is 0 Å². The number of hydrogen-bond donors (Lipinski definition) is 2. The Bertz CT molecular complexity index is 843. The van der Waals surface area contributed by atoms with E-state index in [4.69, 9.17) is 0 Å². The van der Waals surface area contributed by atoms with Gasteiger partial charge in [-0.3, -0.25) is 9.59 Å². The quantitative estimate of drug-likeness (QED) is 0.843. The second-order valence-corrected chi connectivity index (χ2v) is 6.98. The van der Waals surface area contributed by atoms with E-state index in [0.29, 0.717) is 11.1 Å². The normalized spacial score (nSPS) is 20.8. The van der Waals surface area contributed by atoms with Crippen molar-refractivity contribution in [2.75, 3.05) is 0 Å². The number of halogens is 1. The largest absolute Gasteiger partial charge is 0.390 e. The van der Waals surface area contributed by atoms with Gasteiger partial charge in [0.2, 0.25) is 0 Å². The molecule has 0 aromatic heterocycles. The molecule has 1 amide bonds. The van der Waals surface area contributed by atoms with Gasteiger partial charge in [0, 0.05) is 16.5 Å². The summed E-state index contributed by atoms with van der Waals surface area (Å²) in [5, 5.41) is 13.6. The smallest absolute Gasteiger partial charge is 0.251 e. The molecule has 0 radical (unpaired) electrons. The average molecular weight is 341 g/mol. The van der Waals surface area contributed by atoms with Crippen LogP contribution >= 0.6 is 0 Å². The van der Waals surface area contributed by atoms with Crippen LogP contribution in [0.4, 0.5) is 4.39 Å². The van der Waals surface area contributed by atoms with Gasteiger partial charge in [0.1, 0.15) is 5.82 Å². The Labute approximate surface area is 145 Å². The summed E-state index contributed by atoms with van der Waals surface area (Å²) in [6.07, 6.45) is -0.839. The molecule has 25 heavy (non-hydrogen) atoms. The topological polar surface area (TPSA) is 66.4 Å². The van der Waals surface area contributed by atoms with Gasteiger partial charge in [-0.15, -0.1) is 0 Å². The lowest BCUT2D eigenvalue weighted by Gasteiger charge is -2.27. The fraction of sp³-hybridized carbons (Fsp3) is 0.300. The van der Waals surface area contributed by atoms with Crippen molar-refractivity contribution in [3.8, 4) is 0 Å². The molecular formula is C20H20FNO3. The molecule has 0 aliphatic heterocycles. The molecule has 1 aliphatic rings. The van der Waals surface area contributed by atoms with E-state index in [-0.39, 0.29) is 5.78 Å². The van der Waals surface area contributed by atoms with Crippen LogP contribution < -0.4 is 5.32 Å². The van der Waals surface area contributed by atoms with Crippen molar-refractivity contribution in [3.05, 3.63) is 70.5 Å². The number of hydrogen-bond acceptors (Lipinski definition) is 3. The van der Waals surface area contributed by atoms with Crippen molar-refractivity contribution in [1.29, 1.82) is 0 Å². The van der Waals surface area contributed by atoms with Crippen LogP contribution in [0.3, 0.4) is 0 Å². The fourth-order valence-electron chi connectivity index (χ4n) is 3.35. The van der Waals surface area contributed by atoms with Crippen molar-refractivity contribution < 1.29 is 19.1 Å². The van der Waals surface area contributed by atoms with Crippen LogP contribution in [-0.4, -0.2) is 22.9 Å². The number of amides is 1. The van der Waals surface area contributed by atoms with Crippen LogP contribution in [-0.2, 0) is 5.41 Å². The third-order valence-electron chi connectivity index (χ3n) is 4.94. The van der Waals surface area contributed by atoms with Crippen LogP contribution in [0, 0.1) is 5.82 Å². The summed E-state index contributed by atoms with van der Waals surface area (Å²) in [5.74, 6) is -0.901. The number of benzene rings is 2. The van der Waals surface area contributed by atoms with Crippen LogP contribution in [0.5, 0.6) is 0 Å². The number of carbonyl (C=O) groups is 2. The Hall–Kier alpha value is -2.53. The molecule has 0 bridgehead atoms. The van der Waals surface area contributed by atoms with Gasteiger partial charge in [-0.2, -0.15) is 0 Å². The number of fused-ring (bicyclic) bond motifs is 1. The molecule has 0 saturated heterocycles. The van der Waals surface area contributed by atoms with E-state index in [1.165, 1.54) is 31.2 Å². The van der Waals surface area contributed by atoms with E-state index in [0.717, 1.165) is 11.1 Å². The molecule has 2 aromatic carbocycles. The van der Waals surface area contributed by atoms with E-state index in [1.54, 1.807) is 12.1 Å². The van der Waals surface area contributed by atoms with Crippen molar-refractivity contribution in [1.82, 2.24) is 5.32 Å². The van der Waals surface area contributed by atoms with Gasteiger partial charge in [0.15, 0.2) is 5.78 Å². The minimum atomic E-state index is -0.839. The van der Waals surface area contributed by atoms with Gasteiger partial charge in [0.05, 0.1) is 12.1 Å². The molecule has 130 valence electrons. The first-order valence-electron chi connectivity index (χ1n) is 8.11. The minimum Gasteiger partial charge on any atom is -0.390 e. The predicted octanol–water partition coefficient (Wildman–Crippen LogP) is 3.15. The number of aliphatic hydroxyl groups is 1. The Balaban J connectivity index is 1.97. The van der Waals surface area contributed by atoms with Gasteiger partial charge >= 0.3 is 0 Å². The second kappa shape index (κ2) is 6.08. The molecule has 0 saturated carbocycles.